The molecule has 0 N–H and O–H groups in total. The Labute approximate surface area is 172 Å². The molecule has 0 saturated carbocycles. The Morgan fingerprint density at radius 1 is 1.24 bits per heavy atom. The maximum Gasteiger partial charge on any atom is 0.332 e. The SMILES string of the molecule is Cn1cnc2c1c(=O)n(CCCCC(=O)CN1CCc3sccc3C1)c(=O)n2C. The maximum absolute atomic E-state index is 12.7. The van der Waals surface area contributed by atoms with E-state index in [0.717, 1.165) is 19.5 Å². The first kappa shape index (κ1) is 19.8. The quantitative estimate of drug-likeness (QED) is 0.543. The predicted octanol–water partition coefficient (Wildman–Crippen LogP) is 1.29. The summed E-state index contributed by atoms with van der Waals surface area (Å²) < 4.78 is 4.28. The summed E-state index contributed by atoms with van der Waals surface area (Å²) in [6.07, 6.45) is 4.29. The van der Waals surface area contributed by atoms with Crippen molar-refractivity contribution in [2.24, 2.45) is 14.1 Å². The number of unbranched alkanes of at least 4 members (excludes halogenated alkanes) is 1. The number of thiophene rings is 1. The molecule has 0 radical (unpaired) electrons. The molecule has 4 heterocycles. The van der Waals surface area contributed by atoms with Crippen molar-refractivity contribution in [3.05, 3.63) is 49.1 Å². The molecule has 8 nitrogen and oxygen atoms in total. The van der Waals surface area contributed by atoms with Gasteiger partial charge in [-0.2, -0.15) is 0 Å². The van der Waals surface area contributed by atoms with Gasteiger partial charge in [0.2, 0.25) is 0 Å². The van der Waals surface area contributed by atoms with Crippen molar-refractivity contribution < 1.29 is 4.79 Å². The highest BCUT2D eigenvalue weighted by atomic mass is 32.1. The van der Waals surface area contributed by atoms with Gasteiger partial charge >= 0.3 is 5.69 Å². The number of ketones is 1. The van der Waals surface area contributed by atoms with E-state index in [2.05, 4.69) is 21.3 Å². The summed E-state index contributed by atoms with van der Waals surface area (Å²) in [6, 6.07) is 2.15. The number of imidazole rings is 1. The van der Waals surface area contributed by atoms with Gasteiger partial charge in [-0.15, -0.1) is 11.3 Å². The van der Waals surface area contributed by atoms with E-state index in [4.69, 9.17) is 0 Å². The molecule has 1 aliphatic rings. The molecule has 0 spiro atoms. The zero-order valence-corrected chi connectivity index (χ0v) is 17.6. The number of rotatable bonds is 7. The van der Waals surface area contributed by atoms with Crippen LogP contribution in [0.15, 0.2) is 27.4 Å². The van der Waals surface area contributed by atoms with Gasteiger partial charge in [0.05, 0.1) is 12.9 Å². The molecule has 0 bridgehead atoms. The third-order valence-corrected chi connectivity index (χ3v) is 6.60. The van der Waals surface area contributed by atoms with Crippen molar-refractivity contribution in [1.82, 2.24) is 23.6 Å². The molecule has 0 aliphatic carbocycles. The minimum atomic E-state index is -0.368. The third kappa shape index (κ3) is 3.84. The summed E-state index contributed by atoms with van der Waals surface area (Å²) in [5.74, 6) is 0.214. The second kappa shape index (κ2) is 8.08. The molecular formula is C20H25N5O3S. The number of carbonyl (C=O) groups is 1. The van der Waals surface area contributed by atoms with Crippen LogP contribution in [0.3, 0.4) is 0 Å². The van der Waals surface area contributed by atoms with Gasteiger partial charge in [0.1, 0.15) is 5.78 Å². The van der Waals surface area contributed by atoms with Gasteiger partial charge in [-0.05, 0) is 36.3 Å². The van der Waals surface area contributed by atoms with E-state index in [9.17, 15) is 14.4 Å². The molecule has 1 aliphatic heterocycles. The number of Topliss-reactive ketones (excluding diaryl/α,β-unsaturated/α-hetero) is 1. The molecule has 0 saturated heterocycles. The lowest BCUT2D eigenvalue weighted by Gasteiger charge is -2.26. The minimum absolute atomic E-state index is 0.214. The van der Waals surface area contributed by atoms with E-state index in [1.54, 1.807) is 30.0 Å². The second-order valence-electron chi connectivity index (χ2n) is 7.65. The first-order valence-electron chi connectivity index (χ1n) is 9.86. The van der Waals surface area contributed by atoms with Crippen LogP contribution in [-0.2, 0) is 38.4 Å². The van der Waals surface area contributed by atoms with Crippen LogP contribution in [0.4, 0.5) is 0 Å². The Kier molecular flexibility index (Phi) is 5.51. The fourth-order valence-electron chi connectivity index (χ4n) is 3.96. The molecule has 29 heavy (non-hydrogen) atoms. The number of fused-ring (bicyclic) bond motifs is 2. The van der Waals surface area contributed by atoms with Crippen molar-refractivity contribution in [1.29, 1.82) is 0 Å². The highest BCUT2D eigenvalue weighted by Crippen LogP contribution is 2.23. The van der Waals surface area contributed by atoms with Crippen LogP contribution < -0.4 is 11.2 Å². The van der Waals surface area contributed by atoms with E-state index in [1.165, 1.54) is 25.9 Å². The van der Waals surface area contributed by atoms with Crippen LogP contribution in [0.5, 0.6) is 0 Å². The normalized spacial score (nSPS) is 14.4. The molecule has 9 heteroatoms. The first-order valence-corrected chi connectivity index (χ1v) is 10.7. The Hall–Kier alpha value is -2.52. The monoisotopic (exact) mass is 415 g/mol. The number of hydrogen-bond acceptors (Lipinski definition) is 6. The molecular weight excluding hydrogens is 390 g/mol. The van der Waals surface area contributed by atoms with Gasteiger partial charge in [0.15, 0.2) is 11.2 Å². The highest BCUT2D eigenvalue weighted by Gasteiger charge is 2.19. The molecule has 3 aromatic rings. The number of carbonyl (C=O) groups excluding carboxylic acids is 1. The maximum atomic E-state index is 12.7. The van der Waals surface area contributed by atoms with Crippen LogP contribution in [0.25, 0.3) is 11.2 Å². The van der Waals surface area contributed by atoms with Crippen LogP contribution in [0.2, 0.25) is 0 Å². The van der Waals surface area contributed by atoms with Crippen molar-refractivity contribution in [3.8, 4) is 0 Å². The van der Waals surface area contributed by atoms with Crippen molar-refractivity contribution >= 4 is 28.3 Å². The van der Waals surface area contributed by atoms with E-state index >= 15 is 0 Å². The minimum Gasteiger partial charge on any atom is -0.328 e. The van der Waals surface area contributed by atoms with E-state index in [-0.39, 0.29) is 17.0 Å². The zero-order chi connectivity index (χ0) is 20.5. The van der Waals surface area contributed by atoms with Crippen molar-refractivity contribution in [3.63, 3.8) is 0 Å². The summed E-state index contributed by atoms with van der Waals surface area (Å²) in [6.45, 7) is 2.55. The van der Waals surface area contributed by atoms with E-state index in [0.29, 0.717) is 43.5 Å². The number of aromatic nitrogens is 4. The van der Waals surface area contributed by atoms with Crippen molar-refractivity contribution in [2.75, 3.05) is 13.1 Å². The fraction of sp³-hybridized carbons (Fsp3) is 0.500. The van der Waals surface area contributed by atoms with Crippen LogP contribution in [0, 0.1) is 0 Å². The van der Waals surface area contributed by atoms with Gasteiger partial charge in [-0.1, -0.05) is 0 Å². The smallest absolute Gasteiger partial charge is 0.328 e. The largest absolute Gasteiger partial charge is 0.332 e. The third-order valence-electron chi connectivity index (χ3n) is 5.58. The highest BCUT2D eigenvalue weighted by molar-refractivity contribution is 7.10. The van der Waals surface area contributed by atoms with Gasteiger partial charge in [0.25, 0.3) is 5.56 Å². The molecule has 154 valence electrons. The first-order chi connectivity index (χ1) is 14.0. The van der Waals surface area contributed by atoms with Crippen molar-refractivity contribution in [2.45, 2.75) is 38.8 Å². The molecule has 0 fully saturated rings. The van der Waals surface area contributed by atoms with E-state index < -0.39 is 0 Å². The Balaban J connectivity index is 1.32. The molecule has 0 atom stereocenters. The zero-order valence-electron chi connectivity index (χ0n) is 16.8. The lowest BCUT2D eigenvalue weighted by atomic mass is 10.1. The summed E-state index contributed by atoms with van der Waals surface area (Å²) in [4.78, 5) is 45.3. The predicted molar refractivity (Wildman–Crippen MR) is 112 cm³/mol. The molecule has 0 unspecified atom stereocenters. The Morgan fingerprint density at radius 3 is 2.90 bits per heavy atom. The summed E-state index contributed by atoms with van der Waals surface area (Å²) in [5.41, 5.74) is 1.46. The van der Waals surface area contributed by atoms with E-state index in [1.807, 2.05) is 0 Å². The van der Waals surface area contributed by atoms with Gasteiger partial charge in [-0.3, -0.25) is 23.6 Å². The lowest BCUT2D eigenvalue weighted by molar-refractivity contribution is -0.120. The number of hydrogen-bond donors (Lipinski definition) is 0. The summed E-state index contributed by atoms with van der Waals surface area (Å²) in [7, 11) is 3.36. The van der Waals surface area contributed by atoms with Crippen LogP contribution >= 0.6 is 11.3 Å². The number of nitrogens with zero attached hydrogens (tertiary/aromatic N) is 5. The second-order valence-corrected chi connectivity index (χ2v) is 8.65. The molecule has 3 aromatic heterocycles. The van der Waals surface area contributed by atoms with Crippen LogP contribution in [-0.4, -0.2) is 42.5 Å². The fourth-order valence-corrected chi connectivity index (χ4v) is 4.85. The lowest BCUT2D eigenvalue weighted by Crippen LogP contribution is -2.39. The number of aryl methyl sites for hydroxylation is 2. The topological polar surface area (TPSA) is 82.1 Å². The average Bonchev–Trinajstić information content (AvgIpc) is 3.31. The Morgan fingerprint density at radius 2 is 2.07 bits per heavy atom. The Bertz CT molecular complexity index is 1170. The van der Waals surface area contributed by atoms with Gasteiger partial charge in [0, 0.05) is 45.0 Å². The summed E-state index contributed by atoms with van der Waals surface area (Å²) >= 11 is 1.79. The summed E-state index contributed by atoms with van der Waals surface area (Å²) in [5, 5.41) is 2.12. The molecule has 0 aromatic carbocycles. The van der Waals surface area contributed by atoms with Gasteiger partial charge in [-0.25, -0.2) is 9.78 Å². The van der Waals surface area contributed by atoms with Gasteiger partial charge < -0.3 is 4.57 Å². The standard InChI is InChI=1S/C20H25N5O3S/c1-22-13-21-18-17(22)19(27)25(20(28)23(18)2)8-4-3-5-15(26)12-24-9-6-16-14(11-24)7-10-29-16/h7,10,13H,3-6,8-9,11-12H2,1-2H3. The molecule has 4 rings (SSSR count). The van der Waals surface area contributed by atoms with Crippen LogP contribution in [0.1, 0.15) is 29.7 Å². The average molecular weight is 416 g/mol. The molecule has 0 amide bonds.